The maximum atomic E-state index is 11.3. The molecule has 1 aliphatic rings. The SMILES string of the molecule is CCOc1ccc(C(Cl)CN2CCN(C(C)=O)CC2)cc1. The number of piperazine rings is 1. The lowest BCUT2D eigenvalue weighted by molar-refractivity contribution is -0.130. The Balaban J connectivity index is 1.84. The largest absolute Gasteiger partial charge is 0.494 e. The number of amides is 1. The van der Waals surface area contributed by atoms with Crippen LogP contribution in [-0.2, 0) is 4.79 Å². The molecular weight excluding hydrogens is 288 g/mol. The summed E-state index contributed by atoms with van der Waals surface area (Å²) in [6.45, 7) is 8.44. The third kappa shape index (κ3) is 4.61. The fraction of sp³-hybridized carbons (Fsp3) is 0.562. The fourth-order valence-corrected chi connectivity index (χ4v) is 2.86. The van der Waals surface area contributed by atoms with Crippen LogP contribution in [0.1, 0.15) is 24.8 Å². The molecule has 1 unspecified atom stereocenters. The molecule has 1 atom stereocenters. The first kappa shape index (κ1) is 16.1. The van der Waals surface area contributed by atoms with Crippen molar-refractivity contribution in [1.29, 1.82) is 0 Å². The molecule has 0 N–H and O–H groups in total. The van der Waals surface area contributed by atoms with Crippen molar-refractivity contribution in [2.75, 3.05) is 39.3 Å². The van der Waals surface area contributed by atoms with Crippen molar-refractivity contribution in [3.05, 3.63) is 29.8 Å². The summed E-state index contributed by atoms with van der Waals surface area (Å²) in [5.74, 6) is 1.03. The van der Waals surface area contributed by atoms with Gasteiger partial charge in [-0.15, -0.1) is 11.6 Å². The van der Waals surface area contributed by atoms with Crippen molar-refractivity contribution < 1.29 is 9.53 Å². The summed E-state index contributed by atoms with van der Waals surface area (Å²) in [6.07, 6.45) is 0. The van der Waals surface area contributed by atoms with E-state index in [4.69, 9.17) is 16.3 Å². The topological polar surface area (TPSA) is 32.8 Å². The maximum Gasteiger partial charge on any atom is 0.219 e. The van der Waals surface area contributed by atoms with Gasteiger partial charge in [-0.25, -0.2) is 0 Å². The molecule has 1 heterocycles. The summed E-state index contributed by atoms with van der Waals surface area (Å²) in [5, 5.41) is -0.0374. The number of hydrogen-bond donors (Lipinski definition) is 0. The third-order valence-corrected chi connectivity index (χ3v) is 4.18. The lowest BCUT2D eigenvalue weighted by Crippen LogP contribution is -2.48. The summed E-state index contributed by atoms with van der Waals surface area (Å²) in [5.41, 5.74) is 1.11. The summed E-state index contributed by atoms with van der Waals surface area (Å²) in [4.78, 5) is 15.5. The Labute approximate surface area is 131 Å². The molecule has 0 radical (unpaired) electrons. The van der Waals surface area contributed by atoms with Crippen LogP contribution in [0.25, 0.3) is 0 Å². The van der Waals surface area contributed by atoms with E-state index in [1.165, 1.54) is 0 Å². The summed E-state index contributed by atoms with van der Waals surface area (Å²) >= 11 is 6.50. The average molecular weight is 311 g/mol. The van der Waals surface area contributed by atoms with E-state index in [2.05, 4.69) is 4.90 Å². The predicted octanol–water partition coefficient (Wildman–Crippen LogP) is 2.53. The first-order valence-corrected chi connectivity index (χ1v) is 7.88. The van der Waals surface area contributed by atoms with Crippen molar-refractivity contribution in [1.82, 2.24) is 9.80 Å². The van der Waals surface area contributed by atoms with Gasteiger partial charge >= 0.3 is 0 Å². The van der Waals surface area contributed by atoms with Crippen LogP contribution in [0, 0.1) is 0 Å². The Morgan fingerprint density at radius 1 is 1.24 bits per heavy atom. The van der Waals surface area contributed by atoms with Crippen LogP contribution in [0.5, 0.6) is 5.75 Å². The molecule has 0 bridgehead atoms. The molecule has 116 valence electrons. The number of rotatable bonds is 5. The van der Waals surface area contributed by atoms with E-state index in [-0.39, 0.29) is 11.3 Å². The van der Waals surface area contributed by atoms with Gasteiger partial charge in [0.25, 0.3) is 0 Å². The highest BCUT2D eigenvalue weighted by Crippen LogP contribution is 2.24. The minimum Gasteiger partial charge on any atom is -0.494 e. The van der Waals surface area contributed by atoms with Crippen molar-refractivity contribution in [2.45, 2.75) is 19.2 Å². The molecule has 21 heavy (non-hydrogen) atoms. The third-order valence-electron chi connectivity index (χ3n) is 3.79. The number of carbonyl (C=O) groups excluding carboxylic acids is 1. The normalized spacial score (nSPS) is 17.6. The Hall–Kier alpha value is -1.26. The van der Waals surface area contributed by atoms with Gasteiger partial charge in [-0.3, -0.25) is 9.69 Å². The van der Waals surface area contributed by atoms with Gasteiger partial charge in [0.2, 0.25) is 5.91 Å². The highest BCUT2D eigenvalue weighted by molar-refractivity contribution is 6.21. The monoisotopic (exact) mass is 310 g/mol. The molecule has 1 amide bonds. The van der Waals surface area contributed by atoms with Gasteiger partial charge < -0.3 is 9.64 Å². The molecule has 0 saturated carbocycles. The molecule has 0 aromatic heterocycles. The lowest BCUT2D eigenvalue weighted by Gasteiger charge is -2.35. The number of carbonyl (C=O) groups is 1. The van der Waals surface area contributed by atoms with Crippen LogP contribution in [0.4, 0.5) is 0 Å². The highest BCUT2D eigenvalue weighted by Gasteiger charge is 2.21. The molecule has 1 fully saturated rings. The second kappa shape index (κ2) is 7.66. The van der Waals surface area contributed by atoms with Crippen LogP contribution >= 0.6 is 11.6 Å². The lowest BCUT2D eigenvalue weighted by atomic mass is 10.1. The van der Waals surface area contributed by atoms with Crippen LogP contribution in [0.3, 0.4) is 0 Å². The number of ether oxygens (including phenoxy) is 1. The number of benzene rings is 1. The molecule has 2 rings (SSSR count). The quantitative estimate of drug-likeness (QED) is 0.784. The minimum atomic E-state index is -0.0374. The van der Waals surface area contributed by atoms with Crippen LogP contribution in [0.2, 0.25) is 0 Å². The zero-order valence-electron chi connectivity index (χ0n) is 12.7. The van der Waals surface area contributed by atoms with Gasteiger partial charge in [0.15, 0.2) is 0 Å². The number of halogens is 1. The second-order valence-corrected chi connectivity index (χ2v) is 5.80. The Morgan fingerprint density at radius 2 is 1.86 bits per heavy atom. The zero-order chi connectivity index (χ0) is 15.2. The standard InChI is InChI=1S/C16H23ClN2O2/c1-3-21-15-6-4-14(5-7-15)16(17)12-18-8-10-19(11-9-18)13(2)20/h4-7,16H,3,8-12H2,1-2H3. The van der Waals surface area contributed by atoms with E-state index in [1.807, 2.05) is 36.1 Å². The van der Waals surface area contributed by atoms with E-state index < -0.39 is 0 Å². The van der Waals surface area contributed by atoms with E-state index in [0.717, 1.165) is 44.0 Å². The molecular formula is C16H23ClN2O2. The minimum absolute atomic E-state index is 0.0374. The van der Waals surface area contributed by atoms with Crippen LogP contribution in [0.15, 0.2) is 24.3 Å². The number of hydrogen-bond acceptors (Lipinski definition) is 3. The van der Waals surface area contributed by atoms with Gasteiger partial charge in [-0.2, -0.15) is 0 Å². The molecule has 1 aromatic rings. The molecule has 1 aromatic carbocycles. The van der Waals surface area contributed by atoms with E-state index in [0.29, 0.717) is 6.61 Å². The van der Waals surface area contributed by atoms with Gasteiger partial charge in [0.1, 0.15) is 5.75 Å². The zero-order valence-corrected chi connectivity index (χ0v) is 13.5. The average Bonchev–Trinajstić information content (AvgIpc) is 2.49. The molecule has 5 heteroatoms. The van der Waals surface area contributed by atoms with Gasteiger partial charge in [0.05, 0.1) is 12.0 Å². The van der Waals surface area contributed by atoms with Crippen LogP contribution in [-0.4, -0.2) is 55.0 Å². The number of alkyl halides is 1. The number of nitrogens with zero attached hydrogens (tertiary/aromatic N) is 2. The molecule has 4 nitrogen and oxygen atoms in total. The van der Waals surface area contributed by atoms with Crippen molar-refractivity contribution in [3.8, 4) is 5.75 Å². The molecule has 0 aliphatic carbocycles. The van der Waals surface area contributed by atoms with Gasteiger partial charge in [0, 0.05) is 39.6 Å². The maximum absolute atomic E-state index is 11.3. The van der Waals surface area contributed by atoms with Crippen LogP contribution < -0.4 is 4.74 Å². The first-order chi connectivity index (χ1) is 10.1. The predicted molar refractivity (Wildman–Crippen MR) is 84.9 cm³/mol. The fourth-order valence-electron chi connectivity index (χ4n) is 2.52. The van der Waals surface area contributed by atoms with Crippen molar-refractivity contribution in [3.63, 3.8) is 0 Å². The van der Waals surface area contributed by atoms with Crippen molar-refractivity contribution >= 4 is 17.5 Å². The van der Waals surface area contributed by atoms with E-state index >= 15 is 0 Å². The smallest absolute Gasteiger partial charge is 0.219 e. The van der Waals surface area contributed by atoms with E-state index in [1.54, 1.807) is 6.92 Å². The first-order valence-electron chi connectivity index (χ1n) is 7.45. The Bertz CT molecular complexity index is 456. The molecule has 1 saturated heterocycles. The summed E-state index contributed by atoms with van der Waals surface area (Å²) in [6, 6.07) is 7.97. The second-order valence-electron chi connectivity index (χ2n) is 5.28. The Kier molecular flexibility index (Phi) is 5.88. The highest BCUT2D eigenvalue weighted by atomic mass is 35.5. The Morgan fingerprint density at radius 3 is 2.38 bits per heavy atom. The molecule has 1 aliphatic heterocycles. The van der Waals surface area contributed by atoms with E-state index in [9.17, 15) is 4.79 Å². The van der Waals surface area contributed by atoms with Gasteiger partial charge in [-0.05, 0) is 24.6 Å². The van der Waals surface area contributed by atoms with Gasteiger partial charge in [-0.1, -0.05) is 12.1 Å². The van der Waals surface area contributed by atoms with Crippen molar-refractivity contribution in [2.24, 2.45) is 0 Å². The summed E-state index contributed by atoms with van der Waals surface area (Å²) in [7, 11) is 0. The summed E-state index contributed by atoms with van der Waals surface area (Å²) < 4.78 is 5.43. The molecule has 0 spiro atoms.